The van der Waals surface area contributed by atoms with Crippen molar-refractivity contribution in [2.24, 2.45) is 0 Å². The Morgan fingerprint density at radius 3 is 2.80 bits per heavy atom. The molecule has 1 N–H and O–H groups in total. The highest BCUT2D eigenvalue weighted by Crippen LogP contribution is 2.42. The molecule has 1 aliphatic rings. The van der Waals surface area contributed by atoms with E-state index in [0.29, 0.717) is 11.3 Å². The van der Waals surface area contributed by atoms with Gasteiger partial charge in [-0.05, 0) is 63.7 Å². The lowest BCUT2D eigenvalue weighted by molar-refractivity contribution is 0.180. The molecule has 0 saturated heterocycles. The van der Waals surface area contributed by atoms with E-state index in [-0.39, 0.29) is 5.82 Å². The number of methoxy groups -OCH3 is 1. The van der Waals surface area contributed by atoms with Crippen molar-refractivity contribution in [1.82, 2.24) is 0 Å². The summed E-state index contributed by atoms with van der Waals surface area (Å²) in [5.41, 5.74) is 3.29. The van der Waals surface area contributed by atoms with Gasteiger partial charge >= 0.3 is 0 Å². The predicted molar refractivity (Wildman–Crippen MR) is 79.4 cm³/mol. The quantitative estimate of drug-likeness (QED) is 0.888. The Morgan fingerprint density at radius 2 is 2.05 bits per heavy atom. The van der Waals surface area contributed by atoms with E-state index >= 15 is 0 Å². The Balaban J connectivity index is 2.16. The molecular weight excluding hydrogens is 323 g/mol. The van der Waals surface area contributed by atoms with Gasteiger partial charge in [0.25, 0.3) is 0 Å². The van der Waals surface area contributed by atoms with Gasteiger partial charge in [0.2, 0.25) is 0 Å². The largest absolute Gasteiger partial charge is 0.497 e. The molecule has 0 aromatic heterocycles. The number of aliphatic hydroxyl groups is 1. The van der Waals surface area contributed by atoms with Crippen LogP contribution >= 0.6 is 15.9 Å². The lowest BCUT2D eigenvalue weighted by Gasteiger charge is -2.12. The number of hydrogen-bond donors (Lipinski definition) is 1. The lowest BCUT2D eigenvalue weighted by atomic mass is 9.99. The number of benzene rings is 2. The SMILES string of the molecule is COc1ccc(F)c(-c2ccc3c(c2Br)CC[C@@H]3O)c1. The minimum atomic E-state index is -0.412. The number of ether oxygens (including phenoxy) is 1. The first-order chi connectivity index (χ1) is 9.61. The molecule has 2 aromatic rings. The summed E-state index contributed by atoms with van der Waals surface area (Å²) < 4.78 is 20.1. The molecular formula is C16H14BrFO2. The maximum absolute atomic E-state index is 14.1. The van der Waals surface area contributed by atoms with Gasteiger partial charge in [-0.15, -0.1) is 0 Å². The van der Waals surface area contributed by atoms with Gasteiger partial charge in [0.1, 0.15) is 11.6 Å². The summed E-state index contributed by atoms with van der Waals surface area (Å²) in [4.78, 5) is 0. The maximum atomic E-state index is 14.1. The van der Waals surface area contributed by atoms with Gasteiger partial charge < -0.3 is 9.84 Å². The summed E-state index contributed by atoms with van der Waals surface area (Å²) >= 11 is 3.56. The Kier molecular flexibility index (Phi) is 3.52. The first kappa shape index (κ1) is 13.6. The van der Waals surface area contributed by atoms with E-state index in [2.05, 4.69) is 15.9 Å². The smallest absolute Gasteiger partial charge is 0.131 e. The molecule has 0 bridgehead atoms. The first-order valence-electron chi connectivity index (χ1n) is 6.45. The zero-order valence-corrected chi connectivity index (χ0v) is 12.6. The Hall–Kier alpha value is -1.39. The molecule has 0 aliphatic heterocycles. The zero-order valence-electron chi connectivity index (χ0n) is 11.0. The topological polar surface area (TPSA) is 29.5 Å². The fourth-order valence-electron chi connectivity index (χ4n) is 2.68. The molecule has 0 heterocycles. The molecule has 2 nitrogen and oxygen atoms in total. The second-order valence-corrected chi connectivity index (χ2v) is 5.69. The van der Waals surface area contributed by atoms with Crippen LogP contribution in [0.5, 0.6) is 5.75 Å². The third-order valence-electron chi connectivity index (χ3n) is 3.77. The van der Waals surface area contributed by atoms with Crippen molar-refractivity contribution >= 4 is 15.9 Å². The zero-order chi connectivity index (χ0) is 14.3. The number of aliphatic hydroxyl groups excluding tert-OH is 1. The average molecular weight is 337 g/mol. The maximum Gasteiger partial charge on any atom is 0.131 e. The van der Waals surface area contributed by atoms with E-state index in [4.69, 9.17) is 4.74 Å². The van der Waals surface area contributed by atoms with Crippen LogP contribution in [0, 0.1) is 5.82 Å². The molecule has 4 heteroatoms. The molecule has 0 saturated carbocycles. The van der Waals surface area contributed by atoms with Gasteiger partial charge in [-0.2, -0.15) is 0 Å². The molecule has 2 aromatic carbocycles. The van der Waals surface area contributed by atoms with Crippen molar-refractivity contribution in [2.45, 2.75) is 18.9 Å². The Labute approximate surface area is 125 Å². The van der Waals surface area contributed by atoms with Crippen molar-refractivity contribution in [3.05, 3.63) is 51.7 Å². The molecule has 1 atom stereocenters. The van der Waals surface area contributed by atoms with Crippen molar-refractivity contribution in [3.8, 4) is 16.9 Å². The van der Waals surface area contributed by atoms with Gasteiger partial charge in [-0.3, -0.25) is 0 Å². The Morgan fingerprint density at radius 1 is 1.25 bits per heavy atom. The molecule has 20 heavy (non-hydrogen) atoms. The summed E-state index contributed by atoms with van der Waals surface area (Å²) in [5, 5.41) is 9.89. The van der Waals surface area contributed by atoms with E-state index < -0.39 is 6.10 Å². The van der Waals surface area contributed by atoms with E-state index in [0.717, 1.165) is 34.0 Å². The van der Waals surface area contributed by atoms with Crippen LogP contribution in [0.3, 0.4) is 0 Å². The summed E-state index contributed by atoms with van der Waals surface area (Å²) in [6.07, 6.45) is 1.11. The summed E-state index contributed by atoms with van der Waals surface area (Å²) in [6.45, 7) is 0. The highest BCUT2D eigenvalue weighted by Gasteiger charge is 2.24. The minimum Gasteiger partial charge on any atom is -0.497 e. The highest BCUT2D eigenvalue weighted by atomic mass is 79.9. The van der Waals surface area contributed by atoms with Crippen molar-refractivity contribution in [2.75, 3.05) is 7.11 Å². The van der Waals surface area contributed by atoms with Crippen molar-refractivity contribution < 1.29 is 14.2 Å². The molecule has 0 radical (unpaired) electrons. The van der Waals surface area contributed by atoms with Gasteiger partial charge in [0.05, 0.1) is 13.2 Å². The van der Waals surface area contributed by atoms with Gasteiger partial charge in [0.15, 0.2) is 0 Å². The molecule has 0 unspecified atom stereocenters. The van der Waals surface area contributed by atoms with E-state index in [1.54, 1.807) is 19.2 Å². The fraction of sp³-hybridized carbons (Fsp3) is 0.250. The van der Waals surface area contributed by atoms with Crippen LogP contribution < -0.4 is 4.74 Å². The van der Waals surface area contributed by atoms with Crippen molar-refractivity contribution in [3.63, 3.8) is 0 Å². The van der Waals surface area contributed by atoms with Crippen LogP contribution in [-0.2, 0) is 6.42 Å². The van der Waals surface area contributed by atoms with E-state index in [1.165, 1.54) is 6.07 Å². The molecule has 0 spiro atoms. The van der Waals surface area contributed by atoms with Crippen LogP contribution in [0.15, 0.2) is 34.8 Å². The first-order valence-corrected chi connectivity index (χ1v) is 7.24. The lowest BCUT2D eigenvalue weighted by Crippen LogP contribution is -1.94. The molecule has 0 amide bonds. The monoisotopic (exact) mass is 336 g/mol. The van der Waals surface area contributed by atoms with E-state index in [1.807, 2.05) is 12.1 Å². The van der Waals surface area contributed by atoms with Crippen LogP contribution in [0.4, 0.5) is 4.39 Å². The number of fused-ring (bicyclic) bond motifs is 1. The van der Waals surface area contributed by atoms with Gasteiger partial charge in [0, 0.05) is 10.0 Å². The molecule has 104 valence electrons. The Bertz CT molecular complexity index is 670. The predicted octanol–water partition coefficient (Wildman–Crippen LogP) is 4.24. The fourth-order valence-corrected chi connectivity index (χ4v) is 3.46. The third-order valence-corrected chi connectivity index (χ3v) is 4.68. The van der Waals surface area contributed by atoms with Crippen molar-refractivity contribution in [1.29, 1.82) is 0 Å². The second kappa shape index (κ2) is 5.19. The molecule has 3 rings (SSSR count). The second-order valence-electron chi connectivity index (χ2n) is 4.90. The standard InChI is InChI=1S/C16H14BrFO2/c1-20-9-2-6-14(18)13(8-9)12-4-3-10-11(16(12)17)5-7-15(10)19/h2-4,6,8,15,19H,5,7H2,1H3/t15-/m0/s1. The highest BCUT2D eigenvalue weighted by molar-refractivity contribution is 9.10. The summed E-state index contributed by atoms with van der Waals surface area (Å²) in [7, 11) is 1.56. The third kappa shape index (κ3) is 2.13. The minimum absolute atomic E-state index is 0.287. The molecule has 0 fully saturated rings. The number of rotatable bonds is 2. The number of halogens is 2. The summed E-state index contributed by atoms with van der Waals surface area (Å²) in [6, 6.07) is 8.42. The summed E-state index contributed by atoms with van der Waals surface area (Å²) in [5.74, 6) is 0.332. The van der Waals surface area contributed by atoms with E-state index in [9.17, 15) is 9.50 Å². The van der Waals surface area contributed by atoms with Crippen LogP contribution in [0.1, 0.15) is 23.7 Å². The average Bonchev–Trinajstić information content (AvgIpc) is 2.83. The van der Waals surface area contributed by atoms with Crippen LogP contribution in [0.2, 0.25) is 0 Å². The molecule has 1 aliphatic carbocycles. The normalized spacial score (nSPS) is 17.1. The van der Waals surface area contributed by atoms with Gasteiger partial charge in [-0.25, -0.2) is 4.39 Å². The number of hydrogen-bond acceptors (Lipinski definition) is 2. The van der Waals surface area contributed by atoms with Crippen LogP contribution in [0.25, 0.3) is 11.1 Å². The van der Waals surface area contributed by atoms with Crippen LogP contribution in [-0.4, -0.2) is 12.2 Å². The van der Waals surface area contributed by atoms with Gasteiger partial charge in [-0.1, -0.05) is 12.1 Å².